The van der Waals surface area contributed by atoms with Crippen LogP contribution in [0.1, 0.15) is 56.3 Å². The Labute approximate surface area is 160 Å². The van der Waals surface area contributed by atoms with Crippen molar-refractivity contribution in [2.45, 2.75) is 64.0 Å². The van der Waals surface area contributed by atoms with Crippen LogP contribution in [-0.2, 0) is 16.1 Å². The molecule has 3 fully saturated rings. The van der Waals surface area contributed by atoms with E-state index in [1.165, 1.54) is 0 Å². The Hall–Kier alpha value is -1.95. The smallest absolute Gasteiger partial charge is 0.231 e. The summed E-state index contributed by atoms with van der Waals surface area (Å²) in [5, 5.41) is 10.3. The number of aryl methyl sites for hydroxylation is 1. The van der Waals surface area contributed by atoms with Crippen LogP contribution in [0.25, 0.3) is 0 Å². The number of hydrogen-bond acceptors (Lipinski definition) is 4. The van der Waals surface area contributed by atoms with Gasteiger partial charge < -0.3 is 14.9 Å². The van der Waals surface area contributed by atoms with E-state index in [0.717, 1.165) is 43.6 Å². The van der Waals surface area contributed by atoms with Crippen molar-refractivity contribution >= 4 is 11.8 Å². The average Bonchev–Trinajstić information content (AvgIpc) is 2.90. The zero-order valence-electron chi connectivity index (χ0n) is 16.1. The normalized spacial score (nSPS) is 27.1. The molecule has 6 nitrogen and oxygen atoms in total. The van der Waals surface area contributed by atoms with Gasteiger partial charge in [0.25, 0.3) is 0 Å². The van der Waals surface area contributed by atoms with E-state index >= 15 is 0 Å². The molecule has 3 aliphatic rings. The van der Waals surface area contributed by atoms with Crippen molar-refractivity contribution in [3.63, 3.8) is 0 Å². The van der Waals surface area contributed by atoms with Crippen molar-refractivity contribution in [3.8, 4) is 0 Å². The minimum Gasteiger partial charge on any atom is -0.389 e. The summed E-state index contributed by atoms with van der Waals surface area (Å²) >= 11 is 0. The van der Waals surface area contributed by atoms with Gasteiger partial charge in [0.15, 0.2) is 0 Å². The minimum atomic E-state index is -0.801. The monoisotopic (exact) mass is 371 g/mol. The number of aromatic nitrogens is 1. The molecule has 146 valence electrons. The van der Waals surface area contributed by atoms with Gasteiger partial charge in [-0.2, -0.15) is 0 Å². The number of rotatable bonds is 4. The third-order valence-corrected chi connectivity index (χ3v) is 6.59. The summed E-state index contributed by atoms with van der Waals surface area (Å²) in [6, 6.07) is 5.89. The first-order chi connectivity index (χ1) is 12.9. The quantitative estimate of drug-likeness (QED) is 0.879. The molecular formula is C21H29N3O3. The topological polar surface area (TPSA) is 73.7 Å². The summed E-state index contributed by atoms with van der Waals surface area (Å²) in [5.41, 5.74) is 0.623. The van der Waals surface area contributed by atoms with E-state index in [1.54, 1.807) is 0 Å². The van der Waals surface area contributed by atoms with Gasteiger partial charge in [0.2, 0.25) is 11.8 Å². The van der Waals surface area contributed by atoms with Crippen molar-refractivity contribution in [1.82, 2.24) is 14.8 Å². The molecule has 1 aliphatic carbocycles. The number of nitrogens with zero attached hydrogens (tertiary/aromatic N) is 3. The lowest BCUT2D eigenvalue weighted by Crippen LogP contribution is -2.52. The maximum absolute atomic E-state index is 13.2. The first-order valence-corrected chi connectivity index (χ1v) is 10.1. The Morgan fingerprint density at radius 1 is 1.19 bits per heavy atom. The van der Waals surface area contributed by atoms with Crippen LogP contribution < -0.4 is 0 Å². The van der Waals surface area contributed by atoms with E-state index in [4.69, 9.17) is 0 Å². The number of likely N-dealkylation sites (tertiary alicyclic amines) is 2. The zero-order valence-corrected chi connectivity index (χ0v) is 16.1. The molecular weight excluding hydrogens is 342 g/mol. The van der Waals surface area contributed by atoms with Gasteiger partial charge in [0.1, 0.15) is 0 Å². The Kier molecular flexibility index (Phi) is 4.70. The first kappa shape index (κ1) is 18.4. The van der Waals surface area contributed by atoms with Gasteiger partial charge in [-0.1, -0.05) is 6.07 Å². The molecule has 1 spiro atoms. The molecule has 1 aromatic rings. The van der Waals surface area contributed by atoms with E-state index in [9.17, 15) is 14.7 Å². The van der Waals surface area contributed by atoms with Crippen LogP contribution in [0, 0.1) is 12.3 Å². The van der Waals surface area contributed by atoms with Gasteiger partial charge in [-0.15, -0.1) is 0 Å². The molecule has 6 heteroatoms. The van der Waals surface area contributed by atoms with Crippen molar-refractivity contribution in [3.05, 3.63) is 29.6 Å². The third-order valence-electron chi connectivity index (χ3n) is 6.59. The highest BCUT2D eigenvalue weighted by Crippen LogP contribution is 2.42. The molecule has 1 atom stereocenters. The lowest BCUT2D eigenvalue weighted by Gasteiger charge is -2.42. The summed E-state index contributed by atoms with van der Waals surface area (Å²) in [5.74, 6) is 0.161. The van der Waals surface area contributed by atoms with Crippen molar-refractivity contribution < 1.29 is 14.7 Å². The Morgan fingerprint density at radius 2 is 2.00 bits per heavy atom. The van der Waals surface area contributed by atoms with Crippen LogP contribution in [0.4, 0.5) is 0 Å². The van der Waals surface area contributed by atoms with E-state index in [-0.39, 0.29) is 18.2 Å². The highest BCUT2D eigenvalue weighted by Gasteiger charge is 2.50. The van der Waals surface area contributed by atoms with Crippen LogP contribution >= 0.6 is 0 Å². The lowest BCUT2D eigenvalue weighted by molar-refractivity contribution is -0.148. The Bertz CT molecular complexity index is 746. The summed E-state index contributed by atoms with van der Waals surface area (Å²) in [6.07, 6.45) is 5.12. The standard InChI is InChI=1S/C21H29N3O3/c1-16-5-2-6-17(22-16)14-23-12-10-20(19(23)26)7-4-11-24(15-20)18(25)13-21(27)8-3-9-21/h2,5-6,27H,3-4,7-15H2,1H3. The molecule has 2 saturated heterocycles. The lowest BCUT2D eigenvalue weighted by atomic mass is 9.76. The number of aliphatic hydroxyl groups is 1. The summed E-state index contributed by atoms with van der Waals surface area (Å²) in [4.78, 5) is 34.1. The van der Waals surface area contributed by atoms with Gasteiger partial charge in [-0.3, -0.25) is 14.6 Å². The highest BCUT2D eigenvalue weighted by molar-refractivity contribution is 5.86. The maximum atomic E-state index is 13.2. The van der Waals surface area contributed by atoms with Crippen LogP contribution in [0.2, 0.25) is 0 Å². The molecule has 1 N–H and O–H groups in total. The number of carbonyl (C=O) groups excluding carboxylic acids is 2. The largest absolute Gasteiger partial charge is 0.389 e. The molecule has 2 amide bonds. The van der Waals surface area contributed by atoms with Crippen LogP contribution in [-0.4, -0.2) is 56.9 Å². The number of amides is 2. The molecule has 1 saturated carbocycles. The fourth-order valence-electron chi connectivity index (χ4n) is 4.81. The van der Waals surface area contributed by atoms with Gasteiger partial charge in [-0.05, 0) is 57.6 Å². The van der Waals surface area contributed by atoms with Crippen molar-refractivity contribution in [1.29, 1.82) is 0 Å². The second-order valence-electron chi connectivity index (χ2n) is 8.70. The summed E-state index contributed by atoms with van der Waals surface area (Å²) in [7, 11) is 0. The second-order valence-corrected chi connectivity index (χ2v) is 8.70. The Balaban J connectivity index is 1.42. The average molecular weight is 371 g/mol. The Morgan fingerprint density at radius 3 is 2.70 bits per heavy atom. The number of pyridine rings is 1. The summed E-state index contributed by atoms with van der Waals surface area (Å²) < 4.78 is 0. The number of carbonyl (C=O) groups is 2. The molecule has 0 radical (unpaired) electrons. The highest BCUT2D eigenvalue weighted by atomic mass is 16.3. The molecule has 1 aromatic heterocycles. The van der Waals surface area contributed by atoms with Crippen LogP contribution in [0.3, 0.4) is 0 Å². The van der Waals surface area contributed by atoms with Gasteiger partial charge in [0, 0.05) is 25.3 Å². The fourth-order valence-corrected chi connectivity index (χ4v) is 4.81. The van der Waals surface area contributed by atoms with Crippen LogP contribution in [0.5, 0.6) is 0 Å². The van der Waals surface area contributed by atoms with E-state index in [0.29, 0.717) is 32.5 Å². The minimum absolute atomic E-state index is 0.00266. The second kappa shape index (κ2) is 6.89. The van der Waals surface area contributed by atoms with Crippen molar-refractivity contribution in [2.75, 3.05) is 19.6 Å². The van der Waals surface area contributed by atoms with Crippen LogP contribution in [0.15, 0.2) is 18.2 Å². The molecule has 27 heavy (non-hydrogen) atoms. The molecule has 0 aromatic carbocycles. The molecule has 1 unspecified atom stereocenters. The molecule has 4 rings (SSSR count). The number of piperidine rings is 1. The molecule has 2 aliphatic heterocycles. The van der Waals surface area contributed by atoms with Crippen molar-refractivity contribution in [2.24, 2.45) is 5.41 Å². The SMILES string of the molecule is Cc1cccc(CN2CCC3(CCCN(C(=O)CC4(O)CCC4)C3)C2=O)n1. The molecule has 3 heterocycles. The van der Waals surface area contributed by atoms with E-state index in [2.05, 4.69) is 4.98 Å². The van der Waals surface area contributed by atoms with Gasteiger partial charge >= 0.3 is 0 Å². The van der Waals surface area contributed by atoms with Gasteiger partial charge in [0.05, 0.1) is 29.7 Å². The fraction of sp³-hybridized carbons (Fsp3) is 0.667. The van der Waals surface area contributed by atoms with E-state index in [1.807, 2.05) is 34.9 Å². The van der Waals surface area contributed by atoms with E-state index < -0.39 is 11.0 Å². The number of hydrogen-bond donors (Lipinski definition) is 1. The predicted octanol–water partition coefficient (Wildman–Crippen LogP) is 2.04. The summed E-state index contributed by atoms with van der Waals surface area (Å²) in [6.45, 7) is 4.41. The maximum Gasteiger partial charge on any atom is 0.231 e. The predicted molar refractivity (Wildman–Crippen MR) is 101 cm³/mol. The van der Waals surface area contributed by atoms with Gasteiger partial charge in [-0.25, -0.2) is 0 Å². The third kappa shape index (κ3) is 3.59. The first-order valence-electron chi connectivity index (χ1n) is 10.1. The zero-order chi connectivity index (χ0) is 19.1. The molecule has 0 bridgehead atoms.